The standard InChI is InChI=1S/C18H26N2O/c1-2-7-16-10-5-6-11-20(16)18(21)17-12-14-8-3-4-9-15(14)13-19-17/h3-4,8-9,16-17,19H,2,5-7,10-13H2,1H3/t16?,17-/m1/s1. The predicted molar refractivity (Wildman–Crippen MR) is 85.0 cm³/mol. The van der Waals surface area contributed by atoms with E-state index in [2.05, 4.69) is 41.4 Å². The van der Waals surface area contributed by atoms with Gasteiger partial charge >= 0.3 is 0 Å². The Hall–Kier alpha value is -1.35. The monoisotopic (exact) mass is 286 g/mol. The number of hydrogen-bond donors (Lipinski definition) is 1. The molecule has 3 heteroatoms. The Labute approximate surface area is 127 Å². The second-order valence-electron chi connectivity index (χ2n) is 6.38. The van der Waals surface area contributed by atoms with Gasteiger partial charge in [0.1, 0.15) is 0 Å². The summed E-state index contributed by atoms with van der Waals surface area (Å²) in [5.41, 5.74) is 2.67. The highest BCUT2D eigenvalue weighted by Crippen LogP contribution is 2.24. The minimum atomic E-state index is -0.0302. The van der Waals surface area contributed by atoms with Gasteiger partial charge in [-0.05, 0) is 43.2 Å². The van der Waals surface area contributed by atoms with E-state index < -0.39 is 0 Å². The second-order valence-corrected chi connectivity index (χ2v) is 6.38. The zero-order chi connectivity index (χ0) is 14.7. The maximum atomic E-state index is 12.9. The summed E-state index contributed by atoms with van der Waals surface area (Å²) in [7, 11) is 0. The molecule has 114 valence electrons. The zero-order valence-electron chi connectivity index (χ0n) is 13.0. The van der Waals surface area contributed by atoms with E-state index in [-0.39, 0.29) is 6.04 Å². The Morgan fingerprint density at radius 2 is 2.10 bits per heavy atom. The lowest BCUT2D eigenvalue weighted by atomic mass is 9.92. The molecule has 0 bridgehead atoms. The van der Waals surface area contributed by atoms with Crippen LogP contribution < -0.4 is 5.32 Å². The van der Waals surface area contributed by atoms with Gasteiger partial charge in [-0.15, -0.1) is 0 Å². The molecule has 0 aromatic heterocycles. The molecule has 1 saturated heterocycles. The van der Waals surface area contributed by atoms with Crippen molar-refractivity contribution in [2.75, 3.05) is 6.54 Å². The Kier molecular flexibility index (Phi) is 4.59. The smallest absolute Gasteiger partial charge is 0.240 e. The van der Waals surface area contributed by atoms with E-state index in [9.17, 15) is 4.79 Å². The molecule has 1 fully saturated rings. The van der Waals surface area contributed by atoms with Gasteiger partial charge in [-0.25, -0.2) is 0 Å². The molecule has 0 aliphatic carbocycles. The first-order valence-corrected chi connectivity index (χ1v) is 8.40. The molecular formula is C18H26N2O. The van der Waals surface area contributed by atoms with Crippen molar-refractivity contribution in [3.05, 3.63) is 35.4 Å². The van der Waals surface area contributed by atoms with Crippen LogP contribution in [0.4, 0.5) is 0 Å². The van der Waals surface area contributed by atoms with Gasteiger partial charge in [0.15, 0.2) is 0 Å². The van der Waals surface area contributed by atoms with Crippen LogP contribution in [0, 0.1) is 0 Å². The van der Waals surface area contributed by atoms with Crippen molar-refractivity contribution in [1.29, 1.82) is 0 Å². The first-order chi connectivity index (χ1) is 10.3. The number of nitrogens with one attached hydrogen (secondary N) is 1. The molecule has 1 aromatic carbocycles. The van der Waals surface area contributed by atoms with Crippen LogP contribution in [0.3, 0.4) is 0 Å². The van der Waals surface area contributed by atoms with Crippen molar-refractivity contribution in [2.45, 2.75) is 64.1 Å². The second kappa shape index (κ2) is 6.61. The van der Waals surface area contributed by atoms with Crippen LogP contribution in [-0.2, 0) is 17.8 Å². The van der Waals surface area contributed by atoms with Crippen LogP contribution in [-0.4, -0.2) is 29.4 Å². The Morgan fingerprint density at radius 1 is 1.29 bits per heavy atom. The zero-order valence-corrected chi connectivity index (χ0v) is 13.0. The number of fused-ring (bicyclic) bond motifs is 1. The fourth-order valence-corrected chi connectivity index (χ4v) is 3.75. The number of nitrogens with zero attached hydrogens (tertiary/aromatic N) is 1. The van der Waals surface area contributed by atoms with Crippen molar-refractivity contribution in [1.82, 2.24) is 10.2 Å². The molecular weight excluding hydrogens is 260 g/mol. The third-order valence-corrected chi connectivity index (χ3v) is 4.91. The minimum absolute atomic E-state index is 0.0302. The van der Waals surface area contributed by atoms with Crippen LogP contribution >= 0.6 is 0 Å². The van der Waals surface area contributed by atoms with E-state index in [1.54, 1.807) is 0 Å². The van der Waals surface area contributed by atoms with Crippen molar-refractivity contribution in [2.24, 2.45) is 0 Å². The summed E-state index contributed by atoms with van der Waals surface area (Å²) in [6, 6.07) is 8.91. The van der Waals surface area contributed by atoms with E-state index in [1.165, 1.54) is 24.0 Å². The summed E-state index contributed by atoms with van der Waals surface area (Å²) in [6.45, 7) is 3.98. The maximum Gasteiger partial charge on any atom is 0.240 e. The normalized spacial score (nSPS) is 25.5. The number of carbonyl (C=O) groups is 1. The van der Waals surface area contributed by atoms with Crippen molar-refractivity contribution in [3.63, 3.8) is 0 Å². The molecule has 0 radical (unpaired) electrons. The Balaban J connectivity index is 1.70. The molecule has 2 aliphatic rings. The van der Waals surface area contributed by atoms with Gasteiger partial charge in [-0.2, -0.15) is 0 Å². The van der Waals surface area contributed by atoms with Crippen LogP contribution in [0.5, 0.6) is 0 Å². The highest BCUT2D eigenvalue weighted by atomic mass is 16.2. The SMILES string of the molecule is CCCC1CCCCN1C(=O)[C@H]1Cc2ccccc2CN1. The lowest BCUT2D eigenvalue weighted by Crippen LogP contribution is -2.54. The lowest BCUT2D eigenvalue weighted by Gasteiger charge is -2.39. The molecule has 3 nitrogen and oxygen atoms in total. The van der Waals surface area contributed by atoms with Crippen LogP contribution in [0.25, 0.3) is 0 Å². The molecule has 1 aromatic rings. The molecule has 2 aliphatic heterocycles. The van der Waals surface area contributed by atoms with Gasteiger partial charge in [-0.3, -0.25) is 4.79 Å². The molecule has 2 atom stereocenters. The summed E-state index contributed by atoms with van der Waals surface area (Å²) in [6.07, 6.45) is 6.77. The van der Waals surface area contributed by atoms with E-state index in [1.807, 2.05) is 0 Å². The van der Waals surface area contributed by atoms with Gasteiger partial charge in [0.25, 0.3) is 0 Å². The summed E-state index contributed by atoms with van der Waals surface area (Å²) >= 11 is 0. The molecule has 1 N–H and O–H groups in total. The first kappa shape index (κ1) is 14.6. The van der Waals surface area contributed by atoms with Gasteiger partial charge in [0, 0.05) is 19.1 Å². The number of piperidine rings is 1. The fraction of sp³-hybridized carbons (Fsp3) is 0.611. The van der Waals surface area contributed by atoms with Crippen LogP contribution in [0.15, 0.2) is 24.3 Å². The number of rotatable bonds is 3. The third-order valence-electron chi connectivity index (χ3n) is 4.91. The number of hydrogen-bond acceptors (Lipinski definition) is 2. The summed E-state index contributed by atoms with van der Waals surface area (Å²) in [5.74, 6) is 0.322. The van der Waals surface area contributed by atoms with Gasteiger partial charge < -0.3 is 10.2 Å². The summed E-state index contributed by atoms with van der Waals surface area (Å²) in [4.78, 5) is 15.1. The van der Waals surface area contributed by atoms with E-state index >= 15 is 0 Å². The van der Waals surface area contributed by atoms with Crippen molar-refractivity contribution in [3.8, 4) is 0 Å². The quantitative estimate of drug-likeness (QED) is 0.926. The van der Waals surface area contributed by atoms with Gasteiger partial charge in [-0.1, -0.05) is 37.6 Å². The molecule has 0 saturated carbocycles. The number of carbonyl (C=O) groups excluding carboxylic acids is 1. The van der Waals surface area contributed by atoms with Crippen molar-refractivity contribution < 1.29 is 4.79 Å². The third kappa shape index (κ3) is 3.13. The van der Waals surface area contributed by atoms with Crippen LogP contribution in [0.1, 0.15) is 50.2 Å². The number of likely N-dealkylation sites (tertiary alicyclic amines) is 1. The topological polar surface area (TPSA) is 32.3 Å². The molecule has 0 spiro atoms. The molecule has 2 heterocycles. The van der Waals surface area contributed by atoms with Gasteiger partial charge in [0.2, 0.25) is 5.91 Å². The lowest BCUT2D eigenvalue weighted by molar-refractivity contribution is -0.137. The molecule has 21 heavy (non-hydrogen) atoms. The fourth-order valence-electron chi connectivity index (χ4n) is 3.75. The van der Waals surface area contributed by atoms with E-state index in [0.29, 0.717) is 11.9 Å². The van der Waals surface area contributed by atoms with E-state index in [0.717, 1.165) is 38.8 Å². The molecule has 1 amide bonds. The summed E-state index contributed by atoms with van der Waals surface area (Å²) in [5, 5.41) is 3.44. The Bertz CT molecular complexity index is 498. The first-order valence-electron chi connectivity index (χ1n) is 8.40. The molecule has 1 unspecified atom stereocenters. The van der Waals surface area contributed by atoms with Crippen molar-refractivity contribution >= 4 is 5.91 Å². The predicted octanol–water partition coefficient (Wildman–Crippen LogP) is 2.88. The van der Waals surface area contributed by atoms with Gasteiger partial charge in [0.05, 0.1) is 6.04 Å². The van der Waals surface area contributed by atoms with E-state index in [4.69, 9.17) is 0 Å². The largest absolute Gasteiger partial charge is 0.338 e. The number of benzene rings is 1. The Morgan fingerprint density at radius 3 is 2.90 bits per heavy atom. The average molecular weight is 286 g/mol. The van der Waals surface area contributed by atoms with Crippen LogP contribution in [0.2, 0.25) is 0 Å². The maximum absolute atomic E-state index is 12.9. The minimum Gasteiger partial charge on any atom is -0.338 e. The average Bonchev–Trinajstić information content (AvgIpc) is 2.54. The molecule has 3 rings (SSSR count). The summed E-state index contributed by atoms with van der Waals surface area (Å²) < 4.78 is 0. The highest BCUT2D eigenvalue weighted by Gasteiger charge is 2.32. The highest BCUT2D eigenvalue weighted by molar-refractivity contribution is 5.83. The number of amides is 1.